The second kappa shape index (κ2) is 7.78. The van der Waals surface area contributed by atoms with Crippen LogP contribution in [0.2, 0.25) is 0 Å². The van der Waals surface area contributed by atoms with Gasteiger partial charge in [-0.2, -0.15) is 0 Å². The number of carbonyl (C=O) groups is 1. The van der Waals surface area contributed by atoms with Gasteiger partial charge in [0.05, 0.1) is 0 Å². The largest absolute Gasteiger partial charge is 0.396 e. The molecule has 0 unspecified atom stereocenters. The summed E-state index contributed by atoms with van der Waals surface area (Å²) in [5.41, 5.74) is -0.0208. The van der Waals surface area contributed by atoms with Crippen LogP contribution in [0, 0.1) is 11.3 Å². The fourth-order valence-corrected chi connectivity index (χ4v) is 2.54. The summed E-state index contributed by atoms with van der Waals surface area (Å²) >= 11 is 0. The molecule has 0 aromatic rings. The maximum atomic E-state index is 12.0. The van der Waals surface area contributed by atoms with Crippen LogP contribution in [0.1, 0.15) is 65.2 Å². The van der Waals surface area contributed by atoms with Gasteiger partial charge in [-0.1, -0.05) is 39.5 Å². The van der Waals surface area contributed by atoms with Crippen molar-refractivity contribution in [3.8, 4) is 0 Å². The van der Waals surface area contributed by atoms with Crippen LogP contribution in [0.5, 0.6) is 0 Å². The summed E-state index contributed by atoms with van der Waals surface area (Å²) in [5, 5.41) is 12.2. The third-order valence-corrected chi connectivity index (χ3v) is 3.98. The number of rotatable bonds is 6. The van der Waals surface area contributed by atoms with Crippen molar-refractivity contribution < 1.29 is 9.90 Å². The molecule has 0 spiro atoms. The van der Waals surface area contributed by atoms with E-state index in [0.717, 1.165) is 32.2 Å². The molecule has 3 heteroatoms. The van der Waals surface area contributed by atoms with Crippen LogP contribution in [0.3, 0.4) is 0 Å². The van der Waals surface area contributed by atoms with Gasteiger partial charge in [-0.05, 0) is 31.1 Å². The third kappa shape index (κ3) is 5.85. The molecular formula is C15H29NO2. The quantitative estimate of drug-likeness (QED) is 0.566. The first kappa shape index (κ1) is 15.5. The minimum Gasteiger partial charge on any atom is -0.396 e. The van der Waals surface area contributed by atoms with Crippen LogP contribution in [0.25, 0.3) is 0 Å². The zero-order chi connectivity index (χ0) is 13.4. The first-order valence-electron chi connectivity index (χ1n) is 7.44. The Bertz CT molecular complexity index is 243. The molecule has 0 bridgehead atoms. The molecule has 0 aromatic carbocycles. The van der Waals surface area contributed by atoms with Crippen LogP contribution in [-0.2, 0) is 4.79 Å². The Hall–Kier alpha value is -0.570. The fourth-order valence-electron chi connectivity index (χ4n) is 2.54. The Labute approximate surface area is 111 Å². The first-order chi connectivity index (χ1) is 8.55. The number of amides is 1. The number of hydrogen-bond donors (Lipinski definition) is 2. The van der Waals surface area contributed by atoms with Gasteiger partial charge in [0.15, 0.2) is 0 Å². The third-order valence-electron chi connectivity index (χ3n) is 3.98. The van der Waals surface area contributed by atoms with Crippen molar-refractivity contribution in [3.05, 3.63) is 0 Å². The highest BCUT2D eigenvalue weighted by atomic mass is 16.3. The van der Waals surface area contributed by atoms with E-state index in [9.17, 15) is 4.79 Å². The van der Waals surface area contributed by atoms with Gasteiger partial charge in [0.25, 0.3) is 0 Å². The van der Waals surface area contributed by atoms with Crippen LogP contribution in [0.4, 0.5) is 0 Å². The molecule has 1 aliphatic carbocycles. The van der Waals surface area contributed by atoms with Crippen molar-refractivity contribution in [2.24, 2.45) is 11.3 Å². The molecule has 0 radical (unpaired) electrons. The van der Waals surface area contributed by atoms with Crippen LogP contribution in [0.15, 0.2) is 0 Å². The van der Waals surface area contributed by atoms with E-state index in [1.807, 2.05) is 0 Å². The second-order valence-corrected chi connectivity index (χ2v) is 6.41. The number of hydrogen-bond acceptors (Lipinski definition) is 2. The molecule has 0 heterocycles. The van der Waals surface area contributed by atoms with Gasteiger partial charge in [0.1, 0.15) is 0 Å². The van der Waals surface area contributed by atoms with Gasteiger partial charge in [0.2, 0.25) is 5.91 Å². The van der Waals surface area contributed by atoms with E-state index in [0.29, 0.717) is 0 Å². The van der Waals surface area contributed by atoms with E-state index < -0.39 is 0 Å². The van der Waals surface area contributed by atoms with E-state index >= 15 is 0 Å². The number of carbonyl (C=O) groups excluding carboxylic acids is 1. The van der Waals surface area contributed by atoms with Crippen molar-refractivity contribution >= 4 is 5.91 Å². The Kier molecular flexibility index (Phi) is 6.69. The smallest absolute Gasteiger partial charge is 0.223 e. The topological polar surface area (TPSA) is 49.3 Å². The Balaban J connectivity index is 2.16. The molecule has 0 saturated heterocycles. The summed E-state index contributed by atoms with van der Waals surface area (Å²) in [6.07, 6.45) is 9.01. The Morgan fingerprint density at radius 1 is 1.22 bits per heavy atom. The molecule has 0 aromatic heterocycles. The highest BCUT2D eigenvalue weighted by Crippen LogP contribution is 2.23. The van der Waals surface area contributed by atoms with Crippen molar-refractivity contribution in [1.82, 2.24) is 5.32 Å². The number of nitrogens with one attached hydrogen (secondary N) is 1. The van der Waals surface area contributed by atoms with E-state index in [4.69, 9.17) is 5.11 Å². The highest BCUT2D eigenvalue weighted by Gasteiger charge is 2.20. The lowest BCUT2D eigenvalue weighted by Crippen LogP contribution is -2.32. The van der Waals surface area contributed by atoms with Crippen molar-refractivity contribution in [2.75, 3.05) is 13.2 Å². The van der Waals surface area contributed by atoms with Gasteiger partial charge < -0.3 is 10.4 Å². The zero-order valence-electron chi connectivity index (χ0n) is 12.0. The predicted octanol–water partition coefficient (Wildman–Crippen LogP) is 2.87. The minimum atomic E-state index is -0.0208. The van der Waals surface area contributed by atoms with Gasteiger partial charge in [-0.25, -0.2) is 0 Å². The lowest BCUT2D eigenvalue weighted by Gasteiger charge is -2.21. The monoisotopic (exact) mass is 255 g/mol. The number of aliphatic hydroxyl groups excluding tert-OH is 1. The molecule has 2 N–H and O–H groups in total. The standard InChI is InChI=1S/C15H29NO2/c1-15(2,12-17)10-7-11-16-14(18)13-8-5-3-4-6-9-13/h13,17H,3-12H2,1-2H3,(H,16,18). The summed E-state index contributed by atoms with van der Waals surface area (Å²) in [7, 11) is 0. The molecule has 1 amide bonds. The lowest BCUT2D eigenvalue weighted by molar-refractivity contribution is -0.125. The summed E-state index contributed by atoms with van der Waals surface area (Å²) in [6, 6.07) is 0. The van der Waals surface area contributed by atoms with Crippen LogP contribution in [-0.4, -0.2) is 24.2 Å². The van der Waals surface area contributed by atoms with Crippen molar-refractivity contribution in [1.29, 1.82) is 0 Å². The van der Waals surface area contributed by atoms with Gasteiger partial charge >= 0.3 is 0 Å². The van der Waals surface area contributed by atoms with Gasteiger partial charge in [-0.15, -0.1) is 0 Å². The molecular weight excluding hydrogens is 226 g/mol. The molecule has 1 rings (SSSR count). The van der Waals surface area contributed by atoms with Crippen molar-refractivity contribution in [3.63, 3.8) is 0 Å². The normalized spacial score (nSPS) is 18.4. The summed E-state index contributed by atoms with van der Waals surface area (Å²) in [5.74, 6) is 0.497. The Morgan fingerprint density at radius 3 is 2.39 bits per heavy atom. The van der Waals surface area contributed by atoms with E-state index in [2.05, 4.69) is 19.2 Å². The molecule has 1 aliphatic rings. The van der Waals surface area contributed by atoms with Crippen LogP contribution >= 0.6 is 0 Å². The van der Waals surface area contributed by atoms with Crippen molar-refractivity contribution in [2.45, 2.75) is 65.2 Å². The molecule has 3 nitrogen and oxygen atoms in total. The fraction of sp³-hybridized carbons (Fsp3) is 0.933. The SMILES string of the molecule is CC(C)(CO)CCCNC(=O)C1CCCCCC1. The first-order valence-corrected chi connectivity index (χ1v) is 7.44. The second-order valence-electron chi connectivity index (χ2n) is 6.41. The van der Waals surface area contributed by atoms with Gasteiger partial charge in [0, 0.05) is 19.1 Å². The number of aliphatic hydroxyl groups is 1. The van der Waals surface area contributed by atoms with Crippen LogP contribution < -0.4 is 5.32 Å². The lowest BCUT2D eigenvalue weighted by atomic mass is 9.89. The molecule has 0 aliphatic heterocycles. The molecule has 1 saturated carbocycles. The minimum absolute atomic E-state index is 0.0208. The summed E-state index contributed by atoms with van der Waals surface area (Å²) in [4.78, 5) is 12.0. The molecule has 106 valence electrons. The summed E-state index contributed by atoms with van der Waals surface area (Å²) < 4.78 is 0. The van der Waals surface area contributed by atoms with E-state index in [-0.39, 0.29) is 23.8 Å². The average molecular weight is 255 g/mol. The Morgan fingerprint density at radius 2 is 1.83 bits per heavy atom. The van der Waals surface area contributed by atoms with E-state index in [1.165, 1.54) is 25.7 Å². The maximum Gasteiger partial charge on any atom is 0.223 e. The maximum absolute atomic E-state index is 12.0. The highest BCUT2D eigenvalue weighted by molar-refractivity contribution is 5.78. The average Bonchev–Trinajstić information content (AvgIpc) is 2.63. The zero-order valence-corrected chi connectivity index (χ0v) is 12.0. The molecule has 1 fully saturated rings. The van der Waals surface area contributed by atoms with Gasteiger partial charge in [-0.3, -0.25) is 4.79 Å². The summed E-state index contributed by atoms with van der Waals surface area (Å²) in [6.45, 7) is 5.07. The molecule has 0 atom stereocenters. The predicted molar refractivity (Wildman–Crippen MR) is 74.3 cm³/mol. The molecule has 18 heavy (non-hydrogen) atoms. The van der Waals surface area contributed by atoms with E-state index in [1.54, 1.807) is 0 Å².